The second kappa shape index (κ2) is 7.21. The van der Waals surface area contributed by atoms with Crippen LogP contribution in [0.2, 0.25) is 0 Å². The Labute approximate surface area is 150 Å². The van der Waals surface area contributed by atoms with E-state index < -0.39 is 0 Å². The molecule has 1 aliphatic rings. The number of aromatic nitrogens is 3. The summed E-state index contributed by atoms with van der Waals surface area (Å²) in [6.07, 6.45) is 6.52. The van der Waals surface area contributed by atoms with Gasteiger partial charge in [-0.1, -0.05) is 0 Å². The van der Waals surface area contributed by atoms with Crippen LogP contribution >= 0.6 is 0 Å². The molecule has 0 saturated carbocycles. The van der Waals surface area contributed by atoms with E-state index in [1.807, 2.05) is 4.90 Å². The highest BCUT2D eigenvalue weighted by atomic mass is 19.1. The van der Waals surface area contributed by atoms with Crippen molar-refractivity contribution in [3.63, 3.8) is 0 Å². The first-order valence-electron chi connectivity index (χ1n) is 8.62. The van der Waals surface area contributed by atoms with Gasteiger partial charge >= 0.3 is 0 Å². The van der Waals surface area contributed by atoms with Crippen LogP contribution in [0, 0.1) is 5.82 Å². The normalized spacial score (nSPS) is 17.6. The summed E-state index contributed by atoms with van der Waals surface area (Å²) >= 11 is 0. The van der Waals surface area contributed by atoms with Gasteiger partial charge in [0, 0.05) is 36.0 Å². The molecule has 1 atom stereocenters. The molecule has 3 heterocycles. The van der Waals surface area contributed by atoms with Crippen LogP contribution in [0.5, 0.6) is 0 Å². The molecular formula is C19H19FN4O2. The van der Waals surface area contributed by atoms with E-state index >= 15 is 0 Å². The minimum Gasteiger partial charge on any atom is -0.377 e. The van der Waals surface area contributed by atoms with E-state index in [9.17, 15) is 9.18 Å². The van der Waals surface area contributed by atoms with Gasteiger partial charge in [-0.15, -0.1) is 0 Å². The third-order valence-corrected chi connectivity index (χ3v) is 4.65. The fraction of sp³-hybridized carbons (Fsp3) is 0.316. The smallest absolute Gasteiger partial charge is 0.270 e. The van der Waals surface area contributed by atoms with Gasteiger partial charge in [0.15, 0.2) is 0 Å². The number of fused-ring (bicyclic) bond motifs is 1. The second-order valence-corrected chi connectivity index (χ2v) is 6.38. The van der Waals surface area contributed by atoms with Crippen molar-refractivity contribution in [1.29, 1.82) is 0 Å². The number of carbonyl (C=O) groups is 1. The van der Waals surface area contributed by atoms with E-state index in [4.69, 9.17) is 4.74 Å². The lowest BCUT2D eigenvalue weighted by atomic mass is 10.1. The Balaban J connectivity index is 1.51. The van der Waals surface area contributed by atoms with E-state index in [-0.39, 0.29) is 17.8 Å². The van der Waals surface area contributed by atoms with Crippen LogP contribution in [0.25, 0.3) is 10.9 Å². The monoisotopic (exact) mass is 354 g/mol. The Morgan fingerprint density at radius 1 is 1.35 bits per heavy atom. The fourth-order valence-electron chi connectivity index (χ4n) is 3.30. The molecule has 1 N–H and O–H groups in total. The predicted molar refractivity (Wildman–Crippen MR) is 94.3 cm³/mol. The number of ether oxygens (including phenoxy) is 1. The second-order valence-electron chi connectivity index (χ2n) is 6.38. The summed E-state index contributed by atoms with van der Waals surface area (Å²) < 4.78 is 19.0. The lowest BCUT2D eigenvalue weighted by Crippen LogP contribution is -2.49. The number of hydrogen-bond donors (Lipinski definition) is 1. The third-order valence-electron chi connectivity index (χ3n) is 4.65. The number of benzene rings is 1. The molecule has 7 heteroatoms. The number of hydrogen-bond acceptors (Lipinski definition) is 4. The average Bonchev–Trinajstić information content (AvgIpc) is 3.10. The number of rotatable bonds is 4. The molecule has 2 aromatic heterocycles. The number of morpholine rings is 1. The number of aryl methyl sites for hydroxylation is 1. The van der Waals surface area contributed by atoms with Crippen molar-refractivity contribution < 1.29 is 13.9 Å². The molecule has 1 fully saturated rings. The lowest BCUT2D eigenvalue weighted by molar-refractivity contribution is -0.00438. The number of halogens is 1. The number of carbonyl (C=O) groups excluding carboxylic acids is 1. The summed E-state index contributed by atoms with van der Waals surface area (Å²) in [4.78, 5) is 26.2. The Morgan fingerprint density at radius 2 is 2.27 bits per heavy atom. The van der Waals surface area contributed by atoms with Gasteiger partial charge in [-0.2, -0.15) is 0 Å². The van der Waals surface area contributed by atoms with Gasteiger partial charge in [-0.25, -0.2) is 4.39 Å². The first kappa shape index (κ1) is 16.7. The summed E-state index contributed by atoms with van der Waals surface area (Å²) in [6.45, 7) is 1.55. The van der Waals surface area contributed by atoms with Crippen molar-refractivity contribution in [2.75, 3.05) is 19.8 Å². The van der Waals surface area contributed by atoms with Gasteiger partial charge in [0.25, 0.3) is 5.91 Å². The lowest BCUT2D eigenvalue weighted by Gasteiger charge is -2.35. The molecule has 134 valence electrons. The Morgan fingerprint density at radius 3 is 3.12 bits per heavy atom. The van der Waals surface area contributed by atoms with Gasteiger partial charge < -0.3 is 14.6 Å². The molecule has 1 aliphatic heterocycles. The van der Waals surface area contributed by atoms with Gasteiger partial charge in [-0.3, -0.25) is 14.8 Å². The van der Waals surface area contributed by atoms with Crippen molar-refractivity contribution in [2.24, 2.45) is 0 Å². The van der Waals surface area contributed by atoms with Crippen LogP contribution < -0.4 is 0 Å². The number of aromatic amines is 1. The molecule has 1 amide bonds. The molecular weight excluding hydrogens is 335 g/mol. The largest absolute Gasteiger partial charge is 0.377 e. The number of nitrogens with one attached hydrogen (secondary N) is 1. The molecule has 0 bridgehead atoms. The number of H-pyrrole nitrogens is 1. The van der Waals surface area contributed by atoms with E-state index in [1.54, 1.807) is 30.7 Å². The van der Waals surface area contributed by atoms with Crippen molar-refractivity contribution in [1.82, 2.24) is 19.9 Å². The van der Waals surface area contributed by atoms with E-state index in [0.717, 1.165) is 23.9 Å². The molecule has 0 unspecified atom stereocenters. The number of nitrogens with zero attached hydrogens (tertiary/aromatic N) is 3. The van der Waals surface area contributed by atoms with Crippen molar-refractivity contribution in [2.45, 2.75) is 18.9 Å². The molecule has 1 saturated heterocycles. The maximum absolute atomic E-state index is 13.4. The number of amides is 1. The summed E-state index contributed by atoms with van der Waals surface area (Å²) in [7, 11) is 0. The molecule has 6 nitrogen and oxygen atoms in total. The summed E-state index contributed by atoms with van der Waals surface area (Å²) in [5, 5.41) is 0.819. The highest BCUT2D eigenvalue weighted by molar-refractivity contribution is 5.98. The van der Waals surface area contributed by atoms with Crippen LogP contribution in [-0.4, -0.2) is 51.6 Å². The first-order chi connectivity index (χ1) is 12.7. The minimum absolute atomic E-state index is 0.0265. The zero-order chi connectivity index (χ0) is 17.9. The van der Waals surface area contributed by atoms with Gasteiger partial charge in [-0.05, 0) is 37.1 Å². The van der Waals surface area contributed by atoms with Crippen LogP contribution in [0.3, 0.4) is 0 Å². The molecule has 0 aliphatic carbocycles. The summed E-state index contributed by atoms with van der Waals surface area (Å²) in [6, 6.07) is 6.20. The average molecular weight is 354 g/mol. The Kier molecular flexibility index (Phi) is 4.62. The van der Waals surface area contributed by atoms with Crippen molar-refractivity contribution in [3.05, 3.63) is 60.1 Å². The highest BCUT2D eigenvalue weighted by Crippen LogP contribution is 2.21. The van der Waals surface area contributed by atoms with E-state index in [1.165, 1.54) is 12.1 Å². The SMILES string of the molecule is O=C(c1cc2ccc(F)cc2[nH]1)N1CCOC[C@@H]1CCc1cnccn1. The van der Waals surface area contributed by atoms with Crippen LogP contribution in [0.4, 0.5) is 4.39 Å². The quantitative estimate of drug-likeness (QED) is 0.782. The van der Waals surface area contributed by atoms with Gasteiger partial charge in [0.05, 0.1) is 24.9 Å². The van der Waals surface area contributed by atoms with Crippen LogP contribution in [-0.2, 0) is 11.2 Å². The van der Waals surface area contributed by atoms with E-state index in [2.05, 4.69) is 15.0 Å². The van der Waals surface area contributed by atoms with E-state index in [0.29, 0.717) is 31.0 Å². The molecule has 26 heavy (non-hydrogen) atoms. The molecule has 3 aromatic rings. The zero-order valence-electron chi connectivity index (χ0n) is 14.2. The zero-order valence-corrected chi connectivity index (χ0v) is 14.2. The minimum atomic E-state index is -0.327. The van der Waals surface area contributed by atoms with Crippen molar-refractivity contribution >= 4 is 16.8 Å². The maximum atomic E-state index is 13.4. The molecule has 4 rings (SSSR count). The Hall–Kier alpha value is -2.80. The van der Waals surface area contributed by atoms with Crippen LogP contribution in [0.15, 0.2) is 42.9 Å². The molecule has 1 aromatic carbocycles. The van der Waals surface area contributed by atoms with Crippen molar-refractivity contribution in [3.8, 4) is 0 Å². The first-order valence-corrected chi connectivity index (χ1v) is 8.62. The topological polar surface area (TPSA) is 71.1 Å². The highest BCUT2D eigenvalue weighted by Gasteiger charge is 2.28. The van der Waals surface area contributed by atoms with Gasteiger partial charge in [0.2, 0.25) is 0 Å². The molecule has 0 spiro atoms. The third kappa shape index (κ3) is 3.43. The summed E-state index contributed by atoms with van der Waals surface area (Å²) in [5.41, 5.74) is 1.99. The van der Waals surface area contributed by atoms with Gasteiger partial charge in [0.1, 0.15) is 11.5 Å². The molecule has 0 radical (unpaired) electrons. The maximum Gasteiger partial charge on any atom is 0.270 e. The van der Waals surface area contributed by atoms with Crippen LogP contribution in [0.1, 0.15) is 22.6 Å². The standard InChI is InChI=1S/C19H19FN4O2/c20-14-2-1-13-9-18(23-17(13)10-14)19(25)24-7-8-26-12-16(24)4-3-15-11-21-5-6-22-15/h1-2,5-6,9-11,16,23H,3-4,7-8,12H2/t16-/m0/s1. The summed E-state index contributed by atoms with van der Waals surface area (Å²) in [5.74, 6) is -0.416. The Bertz CT molecular complexity index is 912. The fourth-order valence-corrected chi connectivity index (χ4v) is 3.30. The predicted octanol–water partition coefficient (Wildman–Crippen LogP) is 2.57.